The van der Waals surface area contributed by atoms with Crippen molar-refractivity contribution in [3.05, 3.63) is 41.3 Å². The zero-order valence-electron chi connectivity index (χ0n) is 11.7. The number of benzene rings is 1. The molecule has 0 bridgehead atoms. The number of nitrogens with one attached hydrogen (secondary N) is 1. The summed E-state index contributed by atoms with van der Waals surface area (Å²) in [5, 5.41) is 7.50. The van der Waals surface area contributed by atoms with Gasteiger partial charge in [-0.1, -0.05) is 5.16 Å². The molecule has 2 heterocycles. The highest BCUT2D eigenvalue weighted by molar-refractivity contribution is 5.43. The summed E-state index contributed by atoms with van der Waals surface area (Å²) in [5.41, 5.74) is 2.05. The number of hydrogen-bond donors (Lipinski definition) is 1. The van der Waals surface area contributed by atoms with Gasteiger partial charge < -0.3 is 19.3 Å². The minimum atomic E-state index is 0.242. The van der Waals surface area contributed by atoms with E-state index in [2.05, 4.69) is 10.5 Å². The number of hydrogen-bond acceptors (Lipinski definition) is 5. The van der Waals surface area contributed by atoms with Crippen LogP contribution in [0.3, 0.4) is 0 Å². The number of rotatable bonds is 4. The summed E-state index contributed by atoms with van der Waals surface area (Å²) in [6.45, 7) is 3.29. The molecule has 1 atom stereocenters. The zero-order chi connectivity index (χ0) is 13.9. The lowest BCUT2D eigenvalue weighted by molar-refractivity contribution is 0.250. The highest BCUT2D eigenvalue weighted by atomic mass is 16.5. The molecule has 2 aromatic rings. The van der Waals surface area contributed by atoms with Crippen LogP contribution in [0.25, 0.3) is 0 Å². The average Bonchev–Trinajstić information content (AvgIpc) is 2.90. The van der Waals surface area contributed by atoms with Crippen LogP contribution in [0, 0.1) is 6.92 Å². The van der Waals surface area contributed by atoms with Crippen molar-refractivity contribution in [1.29, 1.82) is 0 Å². The second-order valence-corrected chi connectivity index (χ2v) is 4.90. The van der Waals surface area contributed by atoms with Crippen molar-refractivity contribution in [3.8, 4) is 11.5 Å². The number of ether oxygens (including phenoxy) is 2. The summed E-state index contributed by atoms with van der Waals surface area (Å²) in [6.07, 6.45) is 0.928. The Morgan fingerprint density at radius 2 is 2.30 bits per heavy atom. The quantitative estimate of drug-likeness (QED) is 0.928. The van der Waals surface area contributed by atoms with Crippen molar-refractivity contribution in [2.75, 3.05) is 13.7 Å². The highest BCUT2D eigenvalue weighted by Crippen LogP contribution is 2.34. The number of nitrogens with zero attached hydrogens (tertiary/aromatic N) is 1. The summed E-state index contributed by atoms with van der Waals surface area (Å²) in [6, 6.07) is 8.09. The first-order chi connectivity index (χ1) is 9.76. The summed E-state index contributed by atoms with van der Waals surface area (Å²) in [4.78, 5) is 0. The van der Waals surface area contributed by atoms with Crippen LogP contribution in [0.5, 0.6) is 11.5 Å². The van der Waals surface area contributed by atoms with Gasteiger partial charge in [0.15, 0.2) is 0 Å². The van der Waals surface area contributed by atoms with Crippen molar-refractivity contribution in [3.63, 3.8) is 0 Å². The van der Waals surface area contributed by atoms with Gasteiger partial charge in [0.05, 0.1) is 19.4 Å². The van der Waals surface area contributed by atoms with Crippen LogP contribution in [-0.2, 0) is 6.54 Å². The van der Waals surface area contributed by atoms with Crippen molar-refractivity contribution >= 4 is 0 Å². The van der Waals surface area contributed by atoms with Crippen LogP contribution in [0.1, 0.15) is 29.5 Å². The Morgan fingerprint density at radius 3 is 3.05 bits per heavy atom. The topological polar surface area (TPSA) is 56.5 Å². The first-order valence-corrected chi connectivity index (χ1v) is 6.72. The van der Waals surface area contributed by atoms with Gasteiger partial charge in [-0.25, -0.2) is 0 Å². The number of aromatic nitrogens is 1. The normalized spacial score (nSPS) is 17.4. The van der Waals surface area contributed by atoms with E-state index in [4.69, 9.17) is 14.0 Å². The molecule has 0 radical (unpaired) electrons. The maximum atomic E-state index is 5.68. The van der Waals surface area contributed by atoms with E-state index < -0.39 is 0 Å². The van der Waals surface area contributed by atoms with Gasteiger partial charge in [0.2, 0.25) is 0 Å². The molecule has 0 fully saturated rings. The molecular weight excluding hydrogens is 256 g/mol. The first kappa shape index (κ1) is 13.0. The van der Waals surface area contributed by atoms with Crippen molar-refractivity contribution in [2.45, 2.75) is 25.9 Å². The highest BCUT2D eigenvalue weighted by Gasteiger charge is 2.22. The average molecular weight is 274 g/mol. The van der Waals surface area contributed by atoms with E-state index in [0.29, 0.717) is 6.54 Å². The molecule has 0 saturated carbocycles. The third kappa shape index (κ3) is 2.63. The van der Waals surface area contributed by atoms with E-state index in [9.17, 15) is 0 Å². The molecule has 0 spiro atoms. The second-order valence-electron chi connectivity index (χ2n) is 4.90. The van der Waals surface area contributed by atoms with Gasteiger partial charge in [0, 0.05) is 30.6 Å². The molecule has 106 valence electrons. The molecule has 1 aliphatic rings. The van der Waals surface area contributed by atoms with Crippen LogP contribution in [0.2, 0.25) is 0 Å². The maximum Gasteiger partial charge on any atom is 0.133 e. The minimum absolute atomic E-state index is 0.242. The lowest BCUT2D eigenvalue weighted by Gasteiger charge is -2.27. The number of methoxy groups -OCH3 is 1. The fraction of sp³-hybridized carbons (Fsp3) is 0.400. The zero-order valence-corrected chi connectivity index (χ0v) is 11.7. The van der Waals surface area contributed by atoms with Crippen LogP contribution >= 0.6 is 0 Å². The van der Waals surface area contributed by atoms with E-state index in [1.165, 1.54) is 0 Å². The third-order valence-electron chi connectivity index (χ3n) is 3.46. The molecule has 3 rings (SSSR count). The summed E-state index contributed by atoms with van der Waals surface area (Å²) in [5.74, 6) is 2.60. The maximum absolute atomic E-state index is 5.68. The SMILES string of the molecule is COc1ccc2c(c1)C(NCc1cc(C)on1)CCO2. The lowest BCUT2D eigenvalue weighted by atomic mass is 10.00. The Morgan fingerprint density at radius 1 is 1.40 bits per heavy atom. The Labute approximate surface area is 117 Å². The van der Waals surface area contributed by atoms with Crippen molar-refractivity contribution < 1.29 is 14.0 Å². The molecule has 5 heteroatoms. The van der Waals surface area contributed by atoms with E-state index in [0.717, 1.165) is 41.5 Å². The van der Waals surface area contributed by atoms with Crippen LogP contribution in [0.4, 0.5) is 0 Å². The van der Waals surface area contributed by atoms with Gasteiger partial charge in [-0.05, 0) is 25.1 Å². The van der Waals surface area contributed by atoms with Gasteiger partial charge in [-0.15, -0.1) is 0 Å². The Balaban J connectivity index is 1.75. The van der Waals surface area contributed by atoms with Crippen LogP contribution < -0.4 is 14.8 Å². The van der Waals surface area contributed by atoms with Gasteiger partial charge in [-0.2, -0.15) is 0 Å². The summed E-state index contributed by atoms with van der Waals surface area (Å²) >= 11 is 0. The molecule has 20 heavy (non-hydrogen) atoms. The van der Waals surface area contributed by atoms with Gasteiger partial charge >= 0.3 is 0 Å². The third-order valence-corrected chi connectivity index (χ3v) is 3.46. The van der Waals surface area contributed by atoms with Gasteiger partial charge in [0.1, 0.15) is 17.3 Å². The predicted molar refractivity (Wildman–Crippen MR) is 73.9 cm³/mol. The molecule has 0 amide bonds. The largest absolute Gasteiger partial charge is 0.497 e. The molecular formula is C15H18N2O3. The smallest absolute Gasteiger partial charge is 0.133 e. The van der Waals surface area contributed by atoms with E-state index >= 15 is 0 Å². The second kappa shape index (κ2) is 5.54. The van der Waals surface area contributed by atoms with Gasteiger partial charge in [0.25, 0.3) is 0 Å². The van der Waals surface area contributed by atoms with Crippen LogP contribution in [-0.4, -0.2) is 18.9 Å². The minimum Gasteiger partial charge on any atom is -0.497 e. The molecule has 1 aromatic heterocycles. The monoisotopic (exact) mass is 274 g/mol. The number of aryl methyl sites for hydroxylation is 1. The molecule has 1 unspecified atom stereocenters. The van der Waals surface area contributed by atoms with Crippen molar-refractivity contribution in [1.82, 2.24) is 10.5 Å². The summed E-state index contributed by atoms with van der Waals surface area (Å²) < 4.78 is 16.0. The Kier molecular flexibility index (Phi) is 3.60. The van der Waals surface area contributed by atoms with Crippen molar-refractivity contribution in [2.24, 2.45) is 0 Å². The molecule has 1 aliphatic heterocycles. The van der Waals surface area contributed by atoms with E-state index in [1.807, 2.05) is 31.2 Å². The summed E-state index contributed by atoms with van der Waals surface area (Å²) in [7, 11) is 1.67. The fourth-order valence-corrected chi connectivity index (χ4v) is 2.44. The van der Waals surface area contributed by atoms with Gasteiger partial charge in [-0.3, -0.25) is 0 Å². The van der Waals surface area contributed by atoms with E-state index in [-0.39, 0.29) is 6.04 Å². The number of fused-ring (bicyclic) bond motifs is 1. The molecule has 5 nitrogen and oxygen atoms in total. The molecule has 0 saturated heterocycles. The standard InChI is InChI=1S/C15H18N2O3/c1-10-7-11(17-20-10)9-16-14-5-6-19-15-4-3-12(18-2)8-13(14)15/h3-4,7-8,14,16H,5-6,9H2,1-2H3. The predicted octanol–water partition coefficient (Wildman–Crippen LogP) is 2.61. The molecule has 1 aromatic carbocycles. The Hall–Kier alpha value is -2.01. The molecule has 0 aliphatic carbocycles. The van der Waals surface area contributed by atoms with E-state index in [1.54, 1.807) is 7.11 Å². The fourth-order valence-electron chi connectivity index (χ4n) is 2.44. The first-order valence-electron chi connectivity index (χ1n) is 6.72. The Bertz CT molecular complexity index is 595. The lowest BCUT2D eigenvalue weighted by Crippen LogP contribution is -2.26. The molecule has 1 N–H and O–H groups in total. The van der Waals surface area contributed by atoms with Crippen LogP contribution in [0.15, 0.2) is 28.8 Å².